The standard InChI is InChI=1S/C90H148B2F2N4O4Se2/c1-9-13-17-21-25-29-33-37-41-45-49-53-57-61-65-89(66-62-58-54-50-46-42-38-34-30-26-22-18-14-10-2)71-69-73(91(99)100)83-85(97-103-95-83)75(71)77-79(89)82(94)78-76-72(70-74(84-86(76)98-104-96-84)92-101-87(5,6)88(7,8)102-92)90(80(78)81(77)93,67-63-59-55-51-47-43-39-35-31-27-23-19-15-11-3)68-64-60-56-52-48-44-40-36-32-28-24-20-16-12-4/h69-70,99-100H,9-68H2,1-8H3. The molecule has 1 fully saturated rings. The van der Waals surface area contributed by atoms with Crippen LogP contribution in [0.4, 0.5) is 8.78 Å². The van der Waals surface area contributed by atoms with Crippen molar-refractivity contribution in [1.29, 1.82) is 0 Å². The number of benzene rings is 3. The van der Waals surface area contributed by atoms with Crippen molar-refractivity contribution in [3.8, 4) is 22.3 Å². The third-order valence-electron chi connectivity index (χ3n) is 25.6. The molecule has 5 aromatic rings. The minimum Gasteiger partial charge on any atom is -0.0654 e. The number of hydrogen-bond donors (Lipinski definition) is 2. The number of halogens is 2. The summed E-state index contributed by atoms with van der Waals surface area (Å²) in [5.74, 6) is -0.623. The van der Waals surface area contributed by atoms with Gasteiger partial charge in [0.05, 0.1) is 0 Å². The first-order chi connectivity index (χ1) is 50.7. The number of nitrogens with zero attached hydrogens (tertiary/aromatic N) is 4. The number of unbranched alkanes of at least 4 members (excludes halogenated alkanes) is 52. The summed E-state index contributed by atoms with van der Waals surface area (Å²) in [6.07, 6.45) is 72.3. The maximum absolute atomic E-state index is 20.6. The van der Waals surface area contributed by atoms with E-state index in [0.29, 0.717) is 81.0 Å². The number of rotatable bonds is 62. The van der Waals surface area contributed by atoms with E-state index in [9.17, 15) is 10.0 Å². The molecule has 0 unspecified atom stereocenters. The fraction of sp³-hybridized carbons (Fsp3) is 0.800. The molecule has 8 rings (SSSR count). The fourth-order valence-electron chi connectivity index (χ4n) is 18.6. The van der Waals surface area contributed by atoms with Crippen LogP contribution >= 0.6 is 0 Å². The molecule has 584 valence electrons. The van der Waals surface area contributed by atoms with Gasteiger partial charge in [0, 0.05) is 0 Å². The normalized spacial score (nSPS) is 15.3. The molecule has 0 atom stereocenters. The van der Waals surface area contributed by atoms with E-state index in [-0.39, 0.29) is 11.6 Å². The Morgan fingerprint density at radius 3 is 0.827 bits per heavy atom. The maximum atomic E-state index is 20.6. The smallest absolute Gasteiger partial charge is 0.0654 e. The van der Waals surface area contributed by atoms with Crippen LogP contribution < -0.4 is 10.9 Å². The third kappa shape index (κ3) is 24.1. The van der Waals surface area contributed by atoms with E-state index >= 15 is 8.78 Å². The molecular formula is C90H148B2F2N4O4Se2. The zero-order chi connectivity index (χ0) is 73.9. The van der Waals surface area contributed by atoms with Crippen molar-refractivity contribution in [2.75, 3.05) is 0 Å². The Hall–Kier alpha value is -2.27. The van der Waals surface area contributed by atoms with Crippen LogP contribution in [0.1, 0.15) is 463 Å². The van der Waals surface area contributed by atoms with Gasteiger partial charge >= 0.3 is 419 Å². The fourth-order valence-corrected chi connectivity index (χ4v) is 21.0. The predicted octanol–water partition coefficient (Wildman–Crippen LogP) is 26.0. The third-order valence-corrected chi connectivity index (χ3v) is 27.8. The summed E-state index contributed by atoms with van der Waals surface area (Å²) < 4.78 is 75.8. The topological polar surface area (TPSA) is 110 Å². The molecule has 3 aliphatic rings. The summed E-state index contributed by atoms with van der Waals surface area (Å²) in [5.41, 5.74) is 5.35. The molecule has 0 radical (unpaired) electrons. The minimum atomic E-state index is -1.81. The van der Waals surface area contributed by atoms with Gasteiger partial charge in [-0.25, -0.2) is 0 Å². The van der Waals surface area contributed by atoms with Gasteiger partial charge < -0.3 is 0 Å². The Balaban J connectivity index is 1.18. The van der Waals surface area contributed by atoms with Crippen molar-refractivity contribution < 1.29 is 28.1 Å². The molecule has 3 aromatic carbocycles. The summed E-state index contributed by atoms with van der Waals surface area (Å²) in [5, 5.41) is 22.8. The van der Waals surface area contributed by atoms with E-state index in [1.165, 1.54) is 283 Å². The van der Waals surface area contributed by atoms with E-state index in [1.54, 1.807) is 0 Å². The summed E-state index contributed by atoms with van der Waals surface area (Å²) >= 11 is -1.09. The van der Waals surface area contributed by atoms with Gasteiger partial charge in [0.15, 0.2) is 0 Å². The van der Waals surface area contributed by atoms with Crippen molar-refractivity contribution in [2.45, 2.75) is 463 Å². The van der Waals surface area contributed by atoms with E-state index in [2.05, 4.69) is 61.5 Å². The summed E-state index contributed by atoms with van der Waals surface area (Å²) in [6, 6.07) is 4.20. The van der Waals surface area contributed by atoms with Gasteiger partial charge in [-0.05, 0) is 0 Å². The van der Waals surface area contributed by atoms with Crippen LogP contribution in [-0.4, -0.2) is 81.3 Å². The van der Waals surface area contributed by atoms with Gasteiger partial charge in [0.2, 0.25) is 0 Å². The second-order valence-electron chi connectivity index (χ2n) is 34.3. The monoisotopic (exact) mass is 1570 g/mol. The van der Waals surface area contributed by atoms with Crippen LogP contribution in [0, 0.1) is 11.6 Å². The van der Waals surface area contributed by atoms with Crippen LogP contribution in [0.25, 0.3) is 44.3 Å². The average molecular weight is 1570 g/mol. The second-order valence-corrected chi connectivity index (χ2v) is 36.6. The van der Waals surface area contributed by atoms with Gasteiger partial charge in [0.25, 0.3) is 0 Å². The van der Waals surface area contributed by atoms with Crippen molar-refractivity contribution >= 4 is 77.2 Å². The van der Waals surface area contributed by atoms with Gasteiger partial charge in [-0.2, -0.15) is 0 Å². The van der Waals surface area contributed by atoms with E-state index in [0.717, 1.165) is 99.2 Å². The molecular weight excluding hydrogens is 1420 g/mol. The Kier molecular flexibility index (Phi) is 39.6. The molecule has 0 spiro atoms. The molecule has 8 nitrogen and oxygen atoms in total. The zero-order valence-electron chi connectivity index (χ0n) is 67.8. The van der Waals surface area contributed by atoms with Crippen LogP contribution in [0.2, 0.25) is 0 Å². The minimum absolute atomic E-state index is 0.306. The van der Waals surface area contributed by atoms with Gasteiger partial charge in [-0.15, -0.1) is 0 Å². The first-order valence-corrected chi connectivity index (χ1v) is 47.7. The number of hydrogen-bond acceptors (Lipinski definition) is 8. The van der Waals surface area contributed by atoms with Crippen LogP contribution in [-0.2, 0) is 20.1 Å². The summed E-state index contributed by atoms with van der Waals surface area (Å²) in [7, 11) is -2.54. The zero-order valence-corrected chi connectivity index (χ0v) is 71.2. The molecule has 2 N–H and O–H groups in total. The van der Waals surface area contributed by atoms with E-state index < -0.39 is 66.2 Å². The Bertz CT molecular complexity index is 3140. The van der Waals surface area contributed by atoms with E-state index in [1.807, 2.05) is 6.07 Å². The second kappa shape index (κ2) is 47.2. The SMILES string of the molecule is CCCCCCCCCCCCCCCCC1(CCCCCCCCCCCCCCCC)c2cc(B(O)O)c3n[se]nc3c2-c2c(F)c3c(c(F)c21)-c1c(cc(B2OC(C)(C)C(C)(C)O2)c2n[se]nc12)C3(CCCCCCCCCCCCCCCC)CCCCCCCCCCCCCCCC. The van der Waals surface area contributed by atoms with Crippen LogP contribution in [0.5, 0.6) is 0 Å². The Morgan fingerprint density at radius 2 is 0.558 bits per heavy atom. The summed E-state index contributed by atoms with van der Waals surface area (Å²) in [6.45, 7) is 17.6. The Morgan fingerprint density at radius 1 is 0.327 bits per heavy atom. The average Bonchev–Trinajstić information content (AvgIpc) is 1.50. The molecule has 0 saturated carbocycles. The molecule has 3 heterocycles. The van der Waals surface area contributed by atoms with Gasteiger partial charge in [0.1, 0.15) is 0 Å². The molecule has 0 amide bonds. The van der Waals surface area contributed by atoms with E-state index in [4.69, 9.17) is 25.2 Å². The molecule has 2 aliphatic carbocycles. The Labute approximate surface area is 647 Å². The first kappa shape index (κ1) is 87.3. The van der Waals surface area contributed by atoms with Crippen molar-refractivity contribution in [3.05, 3.63) is 46.0 Å². The van der Waals surface area contributed by atoms with Gasteiger partial charge in [-0.3, -0.25) is 0 Å². The first-order valence-electron chi connectivity index (χ1n) is 44.6. The molecule has 1 aliphatic heterocycles. The molecule has 2 aromatic heterocycles. The number of aromatic nitrogens is 4. The van der Waals surface area contributed by atoms with Crippen LogP contribution in [0.3, 0.4) is 0 Å². The molecule has 14 heteroatoms. The van der Waals surface area contributed by atoms with Crippen molar-refractivity contribution in [3.63, 3.8) is 0 Å². The molecule has 1 saturated heterocycles. The quantitative estimate of drug-likeness (QED) is 0.0293. The van der Waals surface area contributed by atoms with Gasteiger partial charge in [-0.1, -0.05) is 233 Å². The number of fused-ring (bicyclic) bond motifs is 10. The molecule has 0 bridgehead atoms. The molecule has 104 heavy (non-hydrogen) atoms. The van der Waals surface area contributed by atoms with Crippen LogP contribution in [0.15, 0.2) is 12.1 Å². The summed E-state index contributed by atoms with van der Waals surface area (Å²) in [4.78, 5) is 0. The predicted molar refractivity (Wildman–Crippen MR) is 444 cm³/mol. The van der Waals surface area contributed by atoms with Crippen molar-refractivity contribution in [2.24, 2.45) is 0 Å². The van der Waals surface area contributed by atoms with Crippen molar-refractivity contribution in [1.82, 2.24) is 15.9 Å².